The Kier molecular flexibility index (Phi) is 57.0. The van der Waals surface area contributed by atoms with Gasteiger partial charge in [0.1, 0.15) is 0 Å². The van der Waals surface area contributed by atoms with Gasteiger partial charge in [-0.2, -0.15) is 0 Å². The van der Waals surface area contributed by atoms with Gasteiger partial charge in [-0.3, -0.25) is 8.42 Å². The smallest absolute Gasteiger partial charge is 0.290 e. The molecular weight excluding hydrogens is 2220 g/mol. The average Bonchev–Trinajstić information content (AvgIpc) is 1.08. The van der Waals surface area contributed by atoms with Crippen LogP contribution in [0.4, 0.5) is 0 Å². The van der Waals surface area contributed by atoms with Gasteiger partial charge in [0.15, 0.2) is 25.7 Å². The molecule has 0 saturated heterocycles. The third-order valence-corrected chi connectivity index (χ3v) is 24.1. The fourth-order valence-corrected chi connectivity index (χ4v) is 19.1. The zero-order valence-electron chi connectivity index (χ0n) is 57.8. The van der Waals surface area contributed by atoms with Gasteiger partial charge in [0.05, 0.1) is 0 Å². The zero-order valence-corrected chi connectivity index (χ0v) is 73.0. The molecule has 4 nitrogen and oxygen atoms in total. The average molecular weight is 2300 g/mol. The molecule has 107 heavy (non-hydrogen) atoms. The molecule has 0 aromatic heterocycles. The van der Waals surface area contributed by atoms with Crippen molar-refractivity contribution in [2.45, 2.75) is 0 Å². The fraction of sp³-hybridized carbons (Fsp3) is 0. The van der Waals surface area contributed by atoms with Gasteiger partial charge >= 0.3 is 0 Å². The number of hydrogen-bond donors (Lipinski definition) is 0. The van der Waals surface area contributed by atoms with Gasteiger partial charge in [0, 0.05) is 160 Å². The quantitative estimate of drug-likeness (QED) is 0.0401. The summed E-state index contributed by atoms with van der Waals surface area (Å²) in [6, 6.07) is 129. The third-order valence-electron chi connectivity index (χ3n) is 14.3. The van der Waals surface area contributed by atoms with Crippen molar-refractivity contribution in [1.82, 2.24) is 0 Å². The molecule has 0 amide bonds. The van der Waals surface area contributed by atoms with Gasteiger partial charge in [-0.05, 0) is 160 Å². The Bertz CT molecular complexity index is 3180. The number of hydrogen-bond acceptors (Lipinski definition) is 4. The molecule has 4 aliphatic carbocycles. The maximum absolute atomic E-state index is 8.52. The first-order valence-corrected chi connectivity index (χ1v) is 39.5. The van der Waals surface area contributed by atoms with Gasteiger partial charge in [0.25, 0.3) is 12.8 Å². The van der Waals surface area contributed by atoms with E-state index in [-0.39, 0.29) is 124 Å². The molecule has 16 rings (SSSR count). The number of benzene rings is 12. The Morgan fingerprint density at radius 2 is 0.262 bits per heavy atom. The summed E-state index contributed by atoms with van der Waals surface area (Å²) in [5.74, 6) is 0. The molecule has 0 bridgehead atoms. The summed E-state index contributed by atoms with van der Waals surface area (Å²) in [5, 5.41) is 16.8. The summed E-state index contributed by atoms with van der Waals surface area (Å²) in [5.41, 5.74) is 0. The van der Waals surface area contributed by atoms with Crippen LogP contribution in [0.5, 0.6) is 0 Å². The maximum atomic E-state index is 8.52. The molecule has 12 aromatic carbocycles. The first kappa shape index (κ1) is 99.0. The monoisotopic (exact) mass is 2300 g/mol. The van der Waals surface area contributed by atoms with Crippen LogP contribution in [0, 0.1) is 128 Å². The first-order valence-electron chi connectivity index (χ1n) is 32.8. The van der Waals surface area contributed by atoms with Gasteiger partial charge in [-0.15, -0.1) is 0 Å². The van der Waals surface area contributed by atoms with Crippen molar-refractivity contribution in [1.29, 1.82) is 0 Å². The predicted molar refractivity (Wildman–Crippen MR) is 435 cm³/mol. The normalized spacial score (nSPS) is 12.4. The Morgan fingerprint density at radius 3 is 0.327 bits per heavy atom. The summed E-state index contributed by atoms with van der Waals surface area (Å²) in [6.07, 6.45) is 41.0. The van der Waals surface area contributed by atoms with Crippen molar-refractivity contribution in [2.24, 2.45) is 0 Å². The van der Waals surface area contributed by atoms with Crippen molar-refractivity contribution in [3.05, 3.63) is 492 Å². The molecule has 556 valence electrons. The molecule has 24 radical (unpaired) electrons. The Labute approximate surface area is 731 Å². The van der Waals surface area contributed by atoms with Crippen molar-refractivity contribution >= 4 is 106 Å². The minimum Gasteiger partial charge on any atom is -0.759 e. The summed E-state index contributed by atoms with van der Waals surface area (Å²) >= 11 is 0. The minimum absolute atomic E-state index is 0. The van der Waals surface area contributed by atoms with Gasteiger partial charge in [-0.25, -0.2) is 0 Å². The van der Waals surface area contributed by atoms with Crippen LogP contribution < -0.4 is 63.7 Å². The Balaban J connectivity index is 0.000000428. The molecule has 0 heterocycles. The van der Waals surface area contributed by atoms with E-state index in [1.54, 1.807) is 0 Å². The summed E-state index contributed by atoms with van der Waals surface area (Å²) in [6.45, 7) is 0. The van der Waals surface area contributed by atoms with Crippen LogP contribution in [0.15, 0.2) is 364 Å². The van der Waals surface area contributed by atoms with Crippen LogP contribution in [0.2, 0.25) is 0 Å². The topological polar surface area (TPSA) is 80.3 Å². The molecule has 0 aliphatic heterocycles. The minimum atomic E-state index is -5.17. The van der Waals surface area contributed by atoms with Crippen LogP contribution in [0.1, 0.15) is 0 Å². The van der Waals surface area contributed by atoms with Crippen LogP contribution in [0.3, 0.4) is 0 Å². The van der Waals surface area contributed by atoms with Crippen molar-refractivity contribution in [3.63, 3.8) is 0 Å². The van der Waals surface area contributed by atoms with E-state index in [9.17, 15) is 0 Å². The second kappa shape index (κ2) is 61.5. The molecule has 4 fully saturated rings. The van der Waals surface area contributed by atoms with Gasteiger partial charge in [0.2, 0.25) is 0 Å². The zero-order chi connectivity index (χ0) is 70.3. The van der Waals surface area contributed by atoms with Crippen LogP contribution >= 0.6 is 31.7 Å². The molecular formula is C92H78Au4Fe2O4P4S. The summed E-state index contributed by atoms with van der Waals surface area (Å²) in [4.78, 5) is 0. The van der Waals surface area contributed by atoms with E-state index < -0.39 is 42.1 Å². The standard InChI is InChI=1S/4C18H15P.2C5H5.2C5H4.4Au.2Fe.H2O4S/c4*1-4-10-16(11-5-1)19(17-12-6-2-7-13-17)18-14-8-3-9-15-18;4*1-2-4-5-3-1;;;;;;;1-5(2,3)4/h4*1-15H;2*1-5H;2*1-4H;;;;;;;(H2,1,2,3,4)/q;;;;;;2*+1;;;;;;;/p-2. The first-order chi connectivity index (χ1) is 49.8. The molecule has 0 spiro atoms. The molecule has 4 saturated carbocycles. The number of rotatable bonds is 12. The second-order valence-electron chi connectivity index (χ2n) is 21.5. The Morgan fingerprint density at radius 1 is 0.178 bits per heavy atom. The van der Waals surface area contributed by atoms with E-state index in [4.69, 9.17) is 17.5 Å². The van der Waals surface area contributed by atoms with E-state index in [2.05, 4.69) is 377 Å². The van der Waals surface area contributed by atoms with E-state index in [1.165, 1.54) is 63.7 Å². The van der Waals surface area contributed by atoms with Crippen molar-refractivity contribution in [2.75, 3.05) is 0 Å². The van der Waals surface area contributed by atoms with E-state index >= 15 is 0 Å². The fourth-order valence-electron chi connectivity index (χ4n) is 9.91. The largest absolute Gasteiger partial charge is 0.759 e. The SMILES string of the molecule is O=S(=O)([O-])[O-].[Au].[Au].[Au].[Au].[C+]1[CH][CH][CH][CH]1.[C+]1[CH][CH][CH][CH]1.[CH]1[CH][CH][CH][CH]1.[CH]1[CH][CH][CH][CH]1.[Fe].[Fe].c1ccc(P(c2ccccc2)c2ccccc2)cc1.c1ccc(P(c2ccccc2)c2ccccc2)cc1.c1ccc(P(c2ccccc2)c2ccccc2)cc1.c1ccc(P(c2ccccc2)c2ccccc2)cc1. The van der Waals surface area contributed by atoms with Crippen molar-refractivity contribution < 1.29 is 141 Å². The molecule has 0 N–H and O–H groups in total. The molecule has 15 heteroatoms. The molecule has 0 atom stereocenters. The van der Waals surface area contributed by atoms with Gasteiger partial charge < -0.3 is 9.11 Å². The second-order valence-corrected chi connectivity index (χ2v) is 31.2. The van der Waals surface area contributed by atoms with Gasteiger partial charge in [-0.1, -0.05) is 364 Å². The predicted octanol–water partition coefficient (Wildman–Crippen LogP) is 16.3. The third kappa shape index (κ3) is 39.8. The van der Waals surface area contributed by atoms with Crippen LogP contribution in [-0.4, -0.2) is 17.5 Å². The maximum Gasteiger partial charge on any atom is 0.290 e. The van der Waals surface area contributed by atoms with E-state index in [0.717, 1.165) is 0 Å². The molecule has 12 aromatic rings. The molecule has 0 unspecified atom stereocenters. The van der Waals surface area contributed by atoms with Crippen LogP contribution in [-0.2, 0) is 134 Å². The summed E-state index contributed by atoms with van der Waals surface area (Å²) in [7, 11) is -6.95. The van der Waals surface area contributed by atoms with E-state index in [1.807, 2.05) is 116 Å². The Hall–Kier alpha value is -4.03. The van der Waals surface area contributed by atoms with E-state index in [0.29, 0.717) is 0 Å². The van der Waals surface area contributed by atoms with Crippen molar-refractivity contribution in [3.8, 4) is 0 Å². The summed E-state index contributed by atoms with van der Waals surface area (Å²) < 4.78 is 34.1. The van der Waals surface area contributed by atoms with Crippen LogP contribution in [0.25, 0.3) is 0 Å². The molecule has 4 aliphatic rings.